The van der Waals surface area contributed by atoms with Crippen molar-refractivity contribution in [3.05, 3.63) is 53.0 Å². The molecule has 0 saturated carbocycles. The van der Waals surface area contributed by atoms with E-state index in [0.29, 0.717) is 17.6 Å². The topological polar surface area (TPSA) is 83.1 Å². The Hall–Kier alpha value is -3.17. The molecule has 0 bridgehead atoms. The zero-order chi connectivity index (χ0) is 18.9. The van der Waals surface area contributed by atoms with Crippen LogP contribution in [0.1, 0.15) is 21.5 Å². The Morgan fingerprint density at radius 1 is 1.27 bits per heavy atom. The lowest BCUT2D eigenvalue weighted by atomic mass is 10.1. The molecule has 136 valence electrons. The number of pyridine rings is 1. The van der Waals surface area contributed by atoms with Crippen LogP contribution in [0.4, 0.5) is 29.1 Å². The predicted octanol–water partition coefficient (Wildman–Crippen LogP) is 2.53. The molecule has 1 aromatic heterocycles. The fourth-order valence-electron chi connectivity index (χ4n) is 2.33. The van der Waals surface area contributed by atoms with E-state index in [2.05, 4.69) is 20.9 Å². The second-order valence-corrected chi connectivity index (χ2v) is 5.51. The van der Waals surface area contributed by atoms with E-state index in [1.54, 1.807) is 0 Å². The highest BCUT2D eigenvalue weighted by molar-refractivity contribution is 6.02. The van der Waals surface area contributed by atoms with Crippen LogP contribution in [0.5, 0.6) is 0 Å². The lowest BCUT2D eigenvalue weighted by Crippen LogP contribution is -2.29. The highest BCUT2D eigenvalue weighted by atomic mass is 19.4. The summed E-state index contributed by atoms with van der Waals surface area (Å²) in [5, 5.41) is 7.71. The quantitative estimate of drug-likeness (QED) is 0.727. The Morgan fingerprint density at radius 2 is 2.04 bits per heavy atom. The van der Waals surface area contributed by atoms with Gasteiger partial charge < -0.3 is 16.0 Å². The van der Waals surface area contributed by atoms with E-state index in [9.17, 15) is 27.2 Å². The van der Waals surface area contributed by atoms with Crippen molar-refractivity contribution in [2.24, 2.45) is 0 Å². The van der Waals surface area contributed by atoms with Crippen molar-refractivity contribution in [2.45, 2.75) is 12.7 Å². The highest BCUT2D eigenvalue weighted by Gasteiger charge is 2.31. The minimum Gasteiger partial charge on any atom is -0.359 e. The smallest absolute Gasteiger partial charge is 0.359 e. The SMILES string of the molecule is O=C1CNc2ncc(C(=O)NCc3ccc(C(F)(F)F)cc3F)cc2N1. The van der Waals surface area contributed by atoms with Crippen LogP contribution in [-0.2, 0) is 17.5 Å². The second kappa shape index (κ2) is 6.62. The summed E-state index contributed by atoms with van der Waals surface area (Å²) in [6.07, 6.45) is -3.38. The first-order valence-electron chi connectivity index (χ1n) is 7.41. The minimum absolute atomic E-state index is 0.0682. The molecule has 0 unspecified atom stereocenters. The third kappa shape index (κ3) is 3.73. The predicted molar refractivity (Wildman–Crippen MR) is 83.9 cm³/mol. The molecule has 2 heterocycles. The van der Waals surface area contributed by atoms with Gasteiger partial charge in [-0.2, -0.15) is 13.2 Å². The number of carbonyl (C=O) groups excluding carboxylic acids is 2. The first-order valence-corrected chi connectivity index (χ1v) is 7.41. The molecule has 1 aromatic carbocycles. The molecule has 0 aliphatic carbocycles. The second-order valence-electron chi connectivity index (χ2n) is 5.51. The standard InChI is InChI=1S/C16H12F4N4O2/c17-11-4-10(16(18,19)20)2-1-8(11)5-23-15(26)9-3-12-14(21-6-9)22-7-13(25)24-12/h1-4,6H,5,7H2,(H,21,22)(H,23,26)(H,24,25). The van der Waals surface area contributed by atoms with Gasteiger partial charge in [0.15, 0.2) is 0 Å². The van der Waals surface area contributed by atoms with Gasteiger partial charge in [-0.3, -0.25) is 9.59 Å². The molecule has 1 aliphatic heterocycles. The number of hydrogen-bond acceptors (Lipinski definition) is 4. The van der Waals surface area contributed by atoms with E-state index in [1.807, 2.05) is 0 Å². The molecule has 26 heavy (non-hydrogen) atoms. The number of nitrogens with one attached hydrogen (secondary N) is 3. The van der Waals surface area contributed by atoms with Crippen LogP contribution < -0.4 is 16.0 Å². The zero-order valence-electron chi connectivity index (χ0n) is 13.1. The van der Waals surface area contributed by atoms with Gasteiger partial charge in [-0.05, 0) is 18.2 Å². The van der Waals surface area contributed by atoms with Gasteiger partial charge >= 0.3 is 6.18 Å². The number of hydrogen-bond donors (Lipinski definition) is 3. The van der Waals surface area contributed by atoms with E-state index in [-0.39, 0.29) is 30.1 Å². The van der Waals surface area contributed by atoms with E-state index < -0.39 is 23.5 Å². The van der Waals surface area contributed by atoms with Gasteiger partial charge in [0.1, 0.15) is 11.6 Å². The summed E-state index contributed by atoms with van der Waals surface area (Å²) in [5.74, 6) is -1.56. The maximum absolute atomic E-state index is 13.8. The summed E-state index contributed by atoms with van der Waals surface area (Å²) in [4.78, 5) is 27.5. The van der Waals surface area contributed by atoms with Gasteiger partial charge in [0.05, 0.1) is 23.4 Å². The van der Waals surface area contributed by atoms with E-state index >= 15 is 0 Å². The number of alkyl halides is 3. The Kier molecular flexibility index (Phi) is 4.49. The summed E-state index contributed by atoms with van der Waals surface area (Å²) in [6.45, 7) is -0.233. The molecule has 6 nitrogen and oxygen atoms in total. The summed E-state index contributed by atoms with van der Waals surface area (Å²) >= 11 is 0. The van der Waals surface area contributed by atoms with Crippen molar-refractivity contribution in [3.8, 4) is 0 Å². The maximum Gasteiger partial charge on any atom is 0.416 e. The van der Waals surface area contributed by atoms with Gasteiger partial charge in [0.2, 0.25) is 5.91 Å². The largest absolute Gasteiger partial charge is 0.416 e. The van der Waals surface area contributed by atoms with Gasteiger partial charge in [0, 0.05) is 18.3 Å². The molecule has 2 amide bonds. The van der Waals surface area contributed by atoms with Crippen molar-refractivity contribution in [1.82, 2.24) is 10.3 Å². The molecule has 3 rings (SSSR count). The average Bonchev–Trinajstić information content (AvgIpc) is 2.58. The normalized spacial score (nSPS) is 13.5. The van der Waals surface area contributed by atoms with Crippen LogP contribution in [-0.4, -0.2) is 23.3 Å². The van der Waals surface area contributed by atoms with Gasteiger partial charge in [-0.25, -0.2) is 9.37 Å². The summed E-state index contributed by atoms with van der Waals surface area (Å²) in [7, 11) is 0. The molecule has 10 heteroatoms. The van der Waals surface area contributed by atoms with Crippen molar-refractivity contribution in [1.29, 1.82) is 0 Å². The minimum atomic E-state index is -4.64. The van der Waals surface area contributed by atoms with Crippen molar-refractivity contribution < 1.29 is 27.2 Å². The number of fused-ring (bicyclic) bond motifs is 1. The van der Waals surface area contributed by atoms with Crippen LogP contribution in [0.15, 0.2) is 30.5 Å². The Balaban J connectivity index is 1.70. The molecule has 3 N–H and O–H groups in total. The number of rotatable bonds is 3. The van der Waals surface area contributed by atoms with Crippen LogP contribution in [0.25, 0.3) is 0 Å². The number of anilines is 2. The maximum atomic E-state index is 13.8. The molecule has 0 atom stereocenters. The van der Waals surface area contributed by atoms with E-state index in [4.69, 9.17) is 0 Å². The summed E-state index contributed by atoms with van der Waals surface area (Å²) in [5.41, 5.74) is -0.755. The number of halogens is 4. The lowest BCUT2D eigenvalue weighted by Gasteiger charge is -2.18. The Labute approximate surface area is 144 Å². The summed E-state index contributed by atoms with van der Waals surface area (Å²) < 4.78 is 51.3. The number of carbonyl (C=O) groups is 2. The first-order chi connectivity index (χ1) is 12.2. The molecule has 0 spiro atoms. The Bertz CT molecular complexity index is 883. The number of aromatic nitrogens is 1. The molecule has 0 fully saturated rings. The number of nitrogens with zero attached hydrogens (tertiary/aromatic N) is 1. The fraction of sp³-hybridized carbons (Fsp3) is 0.188. The average molecular weight is 368 g/mol. The highest BCUT2D eigenvalue weighted by Crippen LogP contribution is 2.30. The zero-order valence-corrected chi connectivity index (χ0v) is 13.1. The lowest BCUT2D eigenvalue weighted by molar-refractivity contribution is -0.137. The molecular weight excluding hydrogens is 356 g/mol. The van der Waals surface area contributed by atoms with Crippen LogP contribution >= 0.6 is 0 Å². The van der Waals surface area contributed by atoms with Crippen LogP contribution in [0.2, 0.25) is 0 Å². The molecule has 2 aromatic rings. The first kappa shape index (κ1) is 17.6. The third-order valence-electron chi connectivity index (χ3n) is 3.66. The number of benzene rings is 1. The molecule has 0 radical (unpaired) electrons. The molecule has 1 aliphatic rings. The Morgan fingerprint density at radius 3 is 2.73 bits per heavy atom. The van der Waals surface area contributed by atoms with Gasteiger partial charge in [-0.15, -0.1) is 0 Å². The van der Waals surface area contributed by atoms with Gasteiger partial charge in [0.25, 0.3) is 5.91 Å². The van der Waals surface area contributed by atoms with Crippen molar-refractivity contribution >= 4 is 23.3 Å². The van der Waals surface area contributed by atoms with Crippen LogP contribution in [0.3, 0.4) is 0 Å². The summed E-state index contributed by atoms with van der Waals surface area (Å²) in [6, 6.07) is 3.48. The van der Waals surface area contributed by atoms with Crippen molar-refractivity contribution in [3.63, 3.8) is 0 Å². The fourth-order valence-corrected chi connectivity index (χ4v) is 2.33. The van der Waals surface area contributed by atoms with Gasteiger partial charge in [-0.1, -0.05) is 6.07 Å². The molecular formula is C16H12F4N4O2. The van der Waals surface area contributed by atoms with Crippen molar-refractivity contribution in [2.75, 3.05) is 17.2 Å². The number of amides is 2. The monoisotopic (exact) mass is 368 g/mol. The molecule has 0 saturated heterocycles. The van der Waals surface area contributed by atoms with Crippen LogP contribution in [0, 0.1) is 5.82 Å². The van der Waals surface area contributed by atoms with E-state index in [0.717, 1.165) is 12.1 Å². The third-order valence-corrected chi connectivity index (χ3v) is 3.66. The van der Waals surface area contributed by atoms with E-state index in [1.165, 1.54) is 12.3 Å².